The van der Waals surface area contributed by atoms with Gasteiger partial charge in [0.1, 0.15) is 0 Å². The van der Waals surface area contributed by atoms with Crippen LogP contribution in [0.2, 0.25) is 0 Å². The summed E-state index contributed by atoms with van der Waals surface area (Å²) >= 11 is 0. The molecule has 1 heteroatoms. The van der Waals surface area contributed by atoms with Gasteiger partial charge < -0.3 is 0 Å². The Morgan fingerprint density at radius 3 is 2.41 bits per heavy atom. The molecule has 0 spiro atoms. The van der Waals surface area contributed by atoms with Crippen LogP contribution in [0.4, 0.5) is 0 Å². The van der Waals surface area contributed by atoms with Crippen LogP contribution in [0.5, 0.6) is 0 Å². The van der Waals surface area contributed by atoms with Gasteiger partial charge in [-0.3, -0.25) is 0 Å². The zero-order valence-electron chi connectivity index (χ0n) is 19.0. The molecule has 152 valence electrons. The van der Waals surface area contributed by atoms with Gasteiger partial charge in [0, 0.05) is 5.92 Å². The van der Waals surface area contributed by atoms with E-state index in [0.717, 1.165) is 11.8 Å². The SMILES string of the molecule is CCCCCCC(C)(C)c1cc(C)c(C2C=C(C)CCC2C(C)C)c(P)c1. The Morgan fingerprint density at radius 2 is 1.81 bits per heavy atom. The van der Waals surface area contributed by atoms with Crippen molar-refractivity contribution in [1.29, 1.82) is 0 Å². The molecule has 0 bridgehead atoms. The van der Waals surface area contributed by atoms with Gasteiger partial charge in [-0.25, -0.2) is 0 Å². The zero-order chi connectivity index (χ0) is 20.2. The Hall–Kier alpha value is -0.610. The van der Waals surface area contributed by atoms with Crippen molar-refractivity contribution in [2.45, 2.75) is 105 Å². The average molecular weight is 387 g/mol. The second-order valence-corrected chi connectivity index (χ2v) is 10.6. The highest BCUT2D eigenvalue weighted by molar-refractivity contribution is 7.27. The van der Waals surface area contributed by atoms with Gasteiger partial charge in [0.05, 0.1) is 0 Å². The molecule has 2 rings (SSSR count). The predicted octanol–water partition coefficient (Wildman–Crippen LogP) is 7.84. The maximum absolute atomic E-state index is 3.08. The van der Waals surface area contributed by atoms with E-state index in [1.165, 1.54) is 61.4 Å². The van der Waals surface area contributed by atoms with E-state index in [1.807, 2.05) is 0 Å². The first kappa shape index (κ1) is 22.7. The Balaban J connectivity index is 2.32. The number of hydrogen-bond donors (Lipinski definition) is 0. The molecule has 0 aliphatic heterocycles. The van der Waals surface area contributed by atoms with Gasteiger partial charge >= 0.3 is 0 Å². The molecule has 1 aliphatic rings. The van der Waals surface area contributed by atoms with Crippen LogP contribution in [0.25, 0.3) is 0 Å². The summed E-state index contributed by atoms with van der Waals surface area (Å²) in [4.78, 5) is 0. The third-order valence-corrected chi connectivity index (χ3v) is 7.32. The molecule has 3 unspecified atom stereocenters. The predicted molar refractivity (Wildman–Crippen MR) is 126 cm³/mol. The third-order valence-electron chi connectivity index (χ3n) is 6.84. The van der Waals surface area contributed by atoms with Crippen molar-refractivity contribution in [3.8, 4) is 0 Å². The number of allylic oxidation sites excluding steroid dienone is 2. The second kappa shape index (κ2) is 9.73. The summed E-state index contributed by atoms with van der Waals surface area (Å²) in [6.45, 7) is 16.6. The van der Waals surface area contributed by atoms with Crippen LogP contribution in [0.3, 0.4) is 0 Å². The minimum absolute atomic E-state index is 0.262. The van der Waals surface area contributed by atoms with E-state index in [2.05, 4.69) is 75.9 Å². The normalized spacial score (nSPS) is 20.9. The maximum atomic E-state index is 3.08. The van der Waals surface area contributed by atoms with E-state index >= 15 is 0 Å². The number of unbranched alkanes of at least 4 members (excludes halogenated alkanes) is 3. The molecule has 0 aromatic heterocycles. The lowest BCUT2D eigenvalue weighted by molar-refractivity contribution is 0.315. The lowest BCUT2D eigenvalue weighted by atomic mass is 9.70. The molecule has 0 heterocycles. The van der Waals surface area contributed by atoms with Crippen molar-refractivity contribution < 1.29 is 0 Å². The summed E-state index contributed by atoms with van der Waals surface area (Å²) in [6.07, 6.45) is 11.8. The third kappa shape index (κ3) is 5.69. The van der Waals surface area contributed by atoms with Crippen molar-refractivity contribution in [2.24, 2.45) is 11.8 Å². The van der Waals surface area contributed by atoms with Crippen molar-refractivity contribution in [2.75, 3.05) is 0 Å². The molecule has 1 aromatic rings. The molecule has 1 aliphatic carbocycles. The zero-order valence-corrected chi connectivity index (χ0v) is 20.1. The highest BCUT2D eigenvalue weighted by Crippen LogP contribution is 2.42. The van der Waals surface area contributed by atoms with Crippen molar-refractivity contribution in [3.63, 3.8) is 0 Å². The summed E-state index contributed by atoms with van der Waals surface area (Å²) in [5.41, 5.74) is 6.41. The lowest BCUT2D eigenvalue weighted by Gasteiger charge is -2.35. The van der Waals surface area contributed by atoms with Crippen molar-refractivity contribution >= 4 is 14.5 Å². The summed E-state index contributed by atoms with van der Waals surface area (Å²) in [5.74, 6) is 2.07. The minimum atomic E-state index is 0.262. The monoisotopic (exact) mass is 386 g/mol. The quantitative estimate of drug-likeness (QED) is 0.242. The van der Waals surface area contributed by atoms with E-state index in [9.17, 15) is 0 Å². The summed E-state index contributed by atoms with van der Waals surface area (Å²) in [7, 11) is 3.08. The molecule has 0 N–H and O–H groups in total. The van der Waals surface area contributed by atoms with Crippen LogP contribution >= 0.6 is 9.24 Å². The molecular weight excluding hydrogens is 343 g/mol. The molecule has 27 heavy (non-hydrogen) atoms. The van der Waals surface area contributed by atoms with Crippen molar-refractivity contribution in [1.82, 2.24) is 0 Å². The molecule has 0 saturated carbocycles. The molecule has 0 fully saturated rings. The van der Waals surface area contributed by atoms with Crippen LogP contribution in [-0.4, -0.2) is 0 Å². The largest absolute Gasteiger partial charge is 0.105 e. The smallest absolute Gasteiger partial charge is 0.00601 e. The lowest BCUT2D eigenvalue weighted by Crippen LogP contribution is -2.26. The standard InChI is InChI=1S/C26H43P/c1-8-9-10-11-14-26(6,7)21-16-20(5)25(24(27)17-21)23-15-19(4)12-13-22(23)18(2)3/h15-18,22-23H,8-14,27H2,1-7H3. The van der Waals surface area contributed by atoms with Crippen molar-refractivity contribution in [3.05, 3.63) is 40.5 Å². The molecule has 1 aromatic carbocycles. The first-order chi connectivity index (χ1) is 12.7. The van der Waals surface area contributed by atoms with Gasteiger partial charge in [0.25, 0.3) is 0 Å². The number of hydrogen-bond acceptors (Lipinski definition) is 0. The van der Waals surface area contributed by atoms with Gasteiger partial charge in [0.15, 0.2) is 0 Å². The first-order valence-electron chi connectivity index (χ1n) is 11.2. The van der Waals surface area contributed by atoms with Crippen LogP contribution in [-0.2, 0) is 5.41 Å². The van der Waals surface area contributed by atoms with E-state index in [1.54, 1.807) is 11.1 Å². The molecule has 0 radical (unpaired) electrons. The Morgan fingerprint density at radius 1 is 1.11 bits per heavy atom. The molecular formula is C26H43P. The topological polar surface area (TPSA) is 0 Å². The number of aryl methyl sites for hydroxylation is 1. The van der Waals surface area contributed by atoms with Crippen LogP contribution in [0, 0.1) is 18.8 Å². The summed E-state index contributed by atoms with van der Waals surface area (Å²) in [6, 6.07) is 4.97. The summed E-state index contributed by atoms with van der Waals surface area (Å²) in [5, 5.41) is 1.42. The van der Waals surface area contributed by atoms with Gasteiger partial charge in [0.2, 0.25) is 0 Å². The van der Waals surface area contributed by atoms with Gasteiger partial charge in [-0.1, -0.05) is 84.1 Å². The number of benzene rings is 1. The minimum Gasteiger partial charge on any atom is -0.105 e. The van der Waals surface area contributed by atoms with E-state index in [0.29, 0.717) is 5.92 Å². The highest BCUT2D eigenvalue weighted by atomic mass is 31.0. The van der Waals surface area contributed by atoms with E-state index < -0.39 is 0 Å². The first-order valence-corrected chi connectivity index (χ1v) is 11.8. The van der Waals surface area contributed by atoms with Gasteiger partial charge in [-0.2, -0.15) is 0 Å². The number of rotatable bonds is 8. The van der Waals surface area contributed by atoms with Gasteiger partial charge in [-0.05, 0) is 72.4 Å². The molecule has 0 saturated heterocycles. The van der Waals surface area contributed by atoms with Gasteiger partial charge in [-0.15, -0.1) is 9.24 Å². The molecule has 3 atom stereocenters. The Kier molecular flexibility index (Phi) is 8.18. The maximum Gasteiger partial charge on any atom is 0.00601 e. The van der Waals surface area contributed by atoms with Crippen LogP contribution in [0.1, 0.15) is 109 Å². The fraction of sp³-hybridized carbons (Fsp3) is 0.692. The van der Waals surface area contributed by atoms with Crippen LogP contribution < -0.4 is 5.30 Å². The van der Waals surface area contributed by atoms with Crippen LogP contribution in [0.15, 0.2) is 23.8 Å². The Labute approximate surface area is 171 Å². The fourth-order valence-corrected chi connectivity index (χ4v) is 5.54. The Bertz CT molecular complexity index is 627. The van der Waals surface area contributed by atoms with E-state index in [4.69, 9.17) is 0 Å². The second-order valence-electron chi connectivity index (χ2n) is 9.98. The highest BCUT2D eigenvalue weighted by Gasteiger charge is 2.30. The molecule has 0 amide bonds. The average Bonchev–Trinajstić information content (AvgIpc) is 2.58. The summed E-state index contributed by atoms with van der Waals surface area (Å²) < 4.78 is 0. The fourth-order valence-electron chi connectivity index (χ4n) is 4.94. The molecule has 0 nitrogen and oxygen atoms in total. The van der Waals surface area contributed by atoms with E-state index in [-0.39, 0.29) is 5.41 Å².